The zero-order chi connectivity index (χ0) is 19.4. The van der Waals surface area contributed by atoms with Gasteiger partial charge in [0.1, 0.15) is 11.9 Å². The van der Waals surface area contributed by atoms with Crippen molar-refractivity contribution in [1.82, 2.24) is 0 Å². The van der Waals surface area contributed by atoms with E-state index in [1.165, 1.54) is 0 Å². The molecule has 6 nitrogen and oxygen atoms in total. The molecular weight excluding hydrogens is 392 g/mol. The Hall–Kier alpha value is -1.64. The lowest BCUT2D eigenvalue weighted by Gasteiger charge is -2.22. The Morgan fingerprint density at radius 3 is 2.78 bits per heavy atom. The van der Waals surface area contributed by atoms with Crippen LogP contribution in [-0.2, 0) is 32.1 Å². The standard InChI is InChI=1S/C19H21ClO6S/c1-27(22,23)26-8-7-25-18(14-3-2-4-16(20)11-14)17-10-13(12-21)9-15-5-6-24-19(15)17/h2-4,9-11,18,21H,5-8,12H2,1H3. The molecule has 0 radical (unpaired) electrons. The molecule has 0 saturated carbocycles. The average Bonchev–Trinajstić information content (AvgIpc) is 3.08. The van der Waals surface area contributed by atoms with Crippen molar-refractivity contribution >= 4 is 21.7 Å². The summed E-state index contributed by atoms with van der Waals surface area (Å²) in [5.74, 6) is 0.737. The van der Waals surface area contributed by atoms with Crippen LogP contribution in [0.15, 0.2) is 36.4 Å². The van der Waals surface area contributed by atoms with Gasteiger partial charge < -0.3 is 14.6 Å². The summed E-state index contributed by atoms with van der Waals surface area (Å²) >= 11 is 6.14. The maximum atomic E-state index is 11.2. The van der Waals surface area contributed by atoms with Gasteiger partial charge in [-0.05, 0) is 41.0 Å². The second kappa shape index (κ2) is 8.58. The van der Waals surface area contributed by atoms with Crippen LogP contribution in [0, 0.1) is 0 Å². The number of benzene rings is 2. The predicted molar refractivity (Wildman–Crippen MR) is 102 cm³/mol. The third kappa shape index (κ3) is 5.21. The Kier molecular flexibility index (Phi) is 6.39. The summed E-state index contributed by atoms with van der Waals surface area (Å²) < 4.78 is 38.9. The SMILES string of the molecule is CS(=O)(=O)OCCOC(c1cccc(Cl)c1)c1cc(CO)cc2c1OCC2. The largest absolute Gasteiger partial charge is 0.493 e. The highest BCUT2D eigenvalue weighted by atomic mass is 35.5. The molecule has 0 aliphatic carbocycles. The fourth-order valence-corrected chi connectivity index (χ4v) is 3.65. The lowest BCUT2D eigenvalue weighted by Crippen LogP contribution is -2.14. The molecular formula is C19H21ClO6S. The number of hydrogen-bond acceptors (Lipinski definition) is 6. The number of ether oxygens (including phenoxy) is 2. The van der Waals surface area contributed by atoms with Gasteiger partial charge in [-0.3, -0.25) is 4.18 Å². The first-order valence-corrected chi connectivity index (χ1v) is 10.7. The van der Waals surface area contributed by atoms with Crippen LogP contribution in [0.2, 0.25) is 5.02 Å². The summed E-state index contributed by atoms with van der Waals surface area (Å²) in [4.78, 5) is 0. The van der Waals surface area contributed by atoms with E-state index in [4.69, 9.17) is 25.3 Å². The number of halogens is 1. The number of hydrogen-bond donors (Lipinski definition) is 1. The van der Waals surface area contributed by atoms with Crippen LogP contribution in [0.4, 0.5) is 0 Å². The van der Waals surface area contributed by atoms with Crippen LogP contribution in [0.1, 0.15) is 28.4 Å². The Bertz CT molecular complexity index is 912. The highest BCUT2D eigenvalue weighted by molar-refractivity contribution is 7.85. The van der Waals surface area contributed by atoms with Gasteiger partial charge in [0.15, 0.2) is 0 Å². The van der Waals surface area contributed by atoms with E-state index in [0.717, 1.165) is 40.7 Å². The minimum Gasteiger partial charge on any atom is -0.493 e. The monoisotopic (exact) mass is 412 g/mol. The molecule has 1 aliphatic rings. The van der Waals surface area contributed by atoms with Gasteiger partial charge in [0.2, 0.25) is 0 Å². The smallest absolute Gasteiger partial charge is 0.264 e. The molecule has 1 atom stereocenters. The second-order valence-electron chi connectivity index (χ2n) is 6.26. The summed E-state index contributed by atoms with van der Waals surface area (Å²) in [5.41, 5.74) is 3.35. The Labute approximate surface area is 163 Å². The van der Waals surface area contributed by atoms with E-state index in [1.807, 2.05) is 24.3 Å². The third-order valence-electron chi connectivity index (χ3n) is 4.15. The topological polar surface area (TPSA) is 82.1 Å². The molecule has 0 fully saturated rings. The number of aliphatic hydroxyl groups excluding tert-OH is 1. The van der Waals surface area contributed by atoms with Crippen molar-refractivity contribution in [3.63, 3.8) is 0 Å². The van der Waals surface area contributed by atoms with Gasteiger partial charge in [0.05, 0.1) is 32.7 Å². The van der Waals surface area contributed by atoms with E-state index < -0.39 is 16.2 Å². The summed E-state index contributed by atoms with van der Waals surface area (Å²) in [5, 5.41) is 10.2. The van der Waals surface area contributed by atoms with Crippen molar-refractivity contribution in [3.05, 3.63) is 63.7 Å². The number of rotatable bonds is 8. The van der Waals surface area contributed by atoms with E-state index in [-0.39, 0.29) is 19.8 Å². The van der Waals surface area contributed by atoms with Gasteiger partial charge in [0.25, 0.3) is 10.1 Å². The van der Waals surface area contributed by atoms with Crippen LogP contribution in [-0.4, -0.2) is 39.6 Å². The summed E-state index contributed by atoms with van der Waals surface area (Å²) in [6, 6.07) is 11.0. The van der Waals surface area contributed by atoms with Crippen molar-refractivity contribution in [2.24, 2.45) is 0 Å². The molecule has 1 unspecified atom stereocenters. The minimum atomic E-state index is -3.54. The average molecular weight is 413 g/mol. The molecule has 0 saturated heterocycles. The minimum absolute atomic E-state index is 0.0579. The van der Waals surface area contributed by atoms with Gasteiger partial charge in [-0.2, -0.15) is 8.42 Å². The normalized spacial score (nSPS) is 14.6. The highest BCUT2D eigenvalue weighted by Gasteiger charge is 2.25. The Balaban J connectivity index is 1.94. The van der Waals surface area contributed by atoms with Crippen molar-refractivity contribution < 1.29 is 27.2 Å². The lowest BCUT2D eigenvalue weighted by atomic mass is 9.95. The fourth-order valence-electron chi connectivity index (χ4n) is 3.08. The third-order valence-corrected chi connectivity index (χ3v) is 4.98. The van der Waals surface area contributed by atoms with Gasteiger partial charge in [-0.25, -0.2) is 0 Å². The molecule has 1 aliphatic heterocycles. The highest BCUT2D eigenvalue weighted by Crippen LogP contribution is 2.39. The van der Waals surface area contributed by atoms with Crippen LogP contribution in [0.5, 0.6) is 5.75 Å². The molecule has 1 N–H and O–H groups in total. The Morgan fingerprint density at radius 1 is 1.26 bits per heavy atom. The first-order valence-electron chi connectivity index (χ1n) is 8.48. The first kappa shape index (κ1) is 20.1. The molecule has 2 aromatic carbocycles. The van der Waals surface area contributed by atoms with Crippen LogP contribution in [0.3, 0.4) is 0 Å². The summed E-state index contributed by atoms with van der Waals surface area (Å²) in [6.45, 7) is 0.428. The molecule has 2 aromatic rings. The quantitative estimate of drug-likeness (QED) is 0.530. The first-order chi connectivity index (χ1) is 12.9. The van der Waals surface area contributed by atoms with E-state index in [2.05, 4.69) is 0 Å². The number of aliphatic hydroxyl groups is 1. The molecule has 3 rings (SSSR count). The van der Waals surface area contributed by atoms with E-state index in [0.29, 0.717) is 11.6 Å². The maximum Gasteiger partial charge on any atom is 0.264 e. The predicted octanol–water partition coefficient (Wildman–Crippen LogP) is 2.85. The van der Waals surface area contributed by atoms with Crippen LogP contribution in [0.25, 0.3) is 0 Å². The molecule has 8 heteroatoms. The Morgan fingerprint density at radius 2 is 2.07 bits per heavy atom. The van der Waals surface area contributed by atoms with Crippen molar-refractivity contribution in [3.8, 4) is 5.75 Å². The fraction of sp³-hybridized carbons (Fsp3) is 0.368. The van der Waals surface area contributed by atoms with Crippen molar-refractivity contribution in [2.45, 2.75) is 19.1 Å². The van der Waals surface area contributed by atoms with Gasteiger partial charge in [0, 0.05) is 17.0 Å². The zero-order valence-corrected chi connectivity index (χ0v) is 16.4. The maximum absolute atomic E-state index is 11.2. The molecule has 1 heterocycles. The van der Waals surface area contributed by atoms with Crippen molar-refractivity contribution in [2.75, 3.05) is 26.1 Å². The van der Waals surface area contributed by atoms with Crippen molar-refractivity contribution in [1.29, 1.82) is 0 Å². The number of fused-ring (bicyclic) bond motifs is 1. The molecule has 0 bridgehead atoms. The van der Waals surface area contributed by atoms with Gasteiger partial charge in [-0.15, -0.1) is 0 Å². The van der Waals surface area contributed by atoms with Crippen LogP contribution >= 0.6 is 11.6 Å². The van der Waals surface area contributed by atoms with Gasteiger partial charge >= 0.3 is 0 Å². The van der Waals surface area contributed by atoms with Crippen LogP contribution < -0.4 is 4.74 Å². The second-order valence-corrected chi connectivity index (χ2v) is 8.34. The van der Waals surface area contributed by atoms with E-state index in [1.54, 1.807) is 12.1 Å². The van der Waals surface area contributed by atoms with Gasteiger partial charge in [-0.1, -0.05) is 23.7 Å². The van der Waals surface area contributed by atoms with E-state index >= 15 is 0 Å². The molecule has 0 amide bonds. The zero-order valence-electron chi connectivity index (χ0n) is 14.9. The summed E-state index contributed by atoms with van der Waals surface area (Å²) in [6.07, 6.45) is 1.22. The molecule has 27 heavy (non-hydrogen) atoms. The van der Waals surface area contributed by atoms with E-state index in [9.17, 15) is 13.5 Å². The molecule has 0 aromatic heterocycles. The molecule has 146 valence electrons. The molecule has 0 spiro atoms. The lowest BCUT2D eigenvalue weighted by molar-refractivity contribution is 0.0561. The summed E-state index contributed by atoms with van der Waals surface area (Å²) in [7, 11) is -3.54.